The van der Waals surface area contributed by atoms with Crippen LogP contribution in [0.25, 0.3) is 4.91 Å². The van der Waals surface area contributed by atoms with Crippen molar-refractivity contribution in [2.75, 3.05) is 6.61 Å². The number of benzene rings is 1. The van der Waals surface area contributed by atoms with Gasteiger partial charge >= 0.3 is 5.97 Å². The molecule has 0 aliphatic carbocycles. The van der Waals surface area contributed by atoms with Crippen LogP contribution < -0.4 is 0 Å². The maximum atomic E-state index is 13.2. The van der Waals surface area contributed by atoms with E-state index in [9.17, 15) is 9.59 Å². The number of pyridine rings is 1. The molecule has 0 bridgehead atoms. The zero-order valence-corrected chi connectivity index (χ0v) is 16.8. The monoisotopic (exact) mass is 405 g/mol. The van der Waals surface area contributed by atoms with E-state index in [4.69, 9.17) is 4.74 Å². The Balaban J connectivity index is 1.83. The lowest BCUT2D eigenvalue weighted by molar-refractivity contribution is -0.139. The smallest absolute Gasteiger partial charge is 0.338 e. The zero-order valence-electron chi connectivity index (χ0n) is 16.0. The van der Waals surface area contributed by atoms with Gasteiger partial charge in [-0.25, -0.2) is 9.79 Å². The molecule has 1 aromatic carbocycles. The predicted molar refractivity (Wildman–Crippen MR) is 113 cm³/mol. The summed E-state index contributed by atoms with van der Waals surface area (Å²) < 4.78 is 5.28. The van der Waals surface area contributed by atoms with E-state index in [1.807, 2.05) is 42.5 Å². The number of hydrogen-bond donors (Lipinski definition) is 0. The molecule has 2 aromatic rings. The van der Waals surface area contributed by atoms with E-state index in [0.717, 1.165) is 16.0 Å². The molecule has 4 rings (SSSR count). The molecule has 1 aromatic heterocycles. The van der Waals surface area contributed by atoms with Gasteiger partial charge in [-0.2, -0.15) is 0 Å². The molecule has 29 heavy (non-hydrogen) atoms. The highest BCUT2D eigenvalue weighted by Gasteiger charge is 2.41. The number of thioether (sulfide) groups is 1. The molecule has 2 aliphatic heterocycles. The number of esters is 1. The maximum absolute atomic E-state index is 13.2. The summed E-state index contributed by atoms with van der Waals surface area (Å²) in [5.74, 6) is -0.680. The first-order valence-electron chi connectivity index (χ1n) is 9.24. The van der Waals surface area contributed by atoms with Crippen LogP contribution >= 0.6 is 11.8 Å². The molecule has 7 heteroatoms. The minimum Gasteiger partial charge on any atom is -0.463 e. The topological polar surface area (TPSA) is 71.9 Å². The molecular weight excluding hydrogens is 386 g/mol. The zero-order chi connectivity index (χ0) is 20.4. The van der Waals surface area contributed by atoms with E-state index in [0.29, 0.717) is 16.4 Å². The number of allylic oxidation sites excluding steroid dienone is 1. The van der Waals surface area contributed by atoms with Gasteiger partial charge in [0.15, 0.2) is 5.17 Å². The lowest BCUT2D eigenvalue weighted by atomic mass is 9.94. The second-order valence-electron chi connectivity index (χ2n) is 6.48. The van der Waals surface area contributed by atoms with Crippen LogP contribution in [0.15, 0.2) is 77.2 Å². The third-order valence-corrected chi connectivity index (χ3v) is 5.70. The average Bonchev–Trinajstić information content (AvgIpc) is 2.74. The van der Waals surface area contributed by atoms with Crippen LogP contribution in [0.1, 0.15) is 31.0 Å². The van der Waals surface area contributed by atoms with E-state index in [-0.39, 0.29) is 12.5 Å². The minimum atomic E-state index is -0.585. The number of carbonyl (C=O) groups is 2. The lowest BCUT2D eigenvalue weighted by Gasteiger charge is -2.38. The highest BCUT2D eigenvalue weighted by atomic mass is 32.2. The van der Waals surface area contributed by atoms with Gasteiger partial charge in [0.25, 0.3) is 5.91 Å². The Morgan fingerprint density at radius 1 is 1.17 bits per heavy atom. The normalized spacial score (nSPS) is 18.8. The van der Waals surface area contributed by atoms with E-state index >= 15 is 0 Å². The standard InChI is InChI=1S/C22H19N3O3S/c1-3-28-21(27)19-14(2)24-22-25(20(19)16-7-5-4-6-8-16)18(26)13-17(29-22)15-9-11-23-12-10-15/h4-13,20H,3H2,1-2H3/t20-/m1/s1. The number of aliphatic imine (C=N–C) groups is 1. The predicted octanol–water partition coefficient (Wildman–Crippen LogP) is 3.95. The minimum absolute atomic E-state index is 0.225. The number of ether oxygens (including phenoxy) is 1. The van der Waals surface area contributed by atoms with Gasteiger partial charge in [0.05, 0.1) is 23.9 Å². The number of hydrogen-bond acceptors (Lipinski definition) is 6. The molecule has 0 N–H and O–H groups in total. The molecule has 0 saturated heterocycles. The summed E-state index contributed by atoms with van der Waals surface area (Å²) in [6.45, 7) is 3.79. The van der Waals surface area contributed by atoms with Gasteiger partial charge in [-0.15, -0.1) is 0 Å². The van der Waals surface area contributed by atoms with Crippen molar-refractivity contribution in [3.63, 3.8) is 0 Å². The van der Waals surface area contributed by atoms with Gasteiger partial charge in [0, 0.05) is 23.4 Å². The summed E-state index contributed by atoms with van der Waals surface area (Å²) >= 11 is 1.40. The van der Waals surface area contributed by atoms with Crippen molar-refractivity contribution in [1.82, 2.24) is 9.88 Å². The molecule has 1 amide bonds. The van der Waals surface area contributed by atoms with Crippen LogP contribution in [0.5, 0.6) is 0 Å². The Bertz CT molecular complexity index is 1050. The van der Waals surface area contributed by atoms with E-state index in [1.54, 1.807) is 37.2 Å². The maximum Gasteiger partial charge on any atom is 0.338 e. The molecule has 2 aliphatic rings. The van der Waals surface area contributed by atoms with Gasteiger partial charge in [0.1, 0.15) is 0 Å². The molecule has 3 heterocycles. The van der Waals surface area contributed by atoms with Crippen molar-refractivity contribution in [3.05, 3.63) is 83.3 Å². The van der Waals surface area contributed by atoms with Gasteiger partial charge in [0.2, 0.25) is 0 Å². The summed E-state index contributed by atoms with van der Waals surface area (Å²) in [6, 6.07) is 12.6. The first-order chi connectivity index (χ1) is 14.1. The number of nitrogens with zero attached hydrogens (tertiary/aromatic N) is 3. The van der Waals surface area contributed by atoms with Gasteiger partial charge in [-0.1, -0.05) is 42.1 Å². The first-order valence-corrected chi connectivity index (χ1v) is 10.1. The van der Waals surface area contributed by atoms with Crippen molar-refractivity contribution in [3.8, 4) is 0 Å². The van der Waals surface area contributed by atoms with Gasteiger partial charge < -0.3 is 4.74 Å². The number of amidine groups is 1. The van der Waals surface area contributed by atoms with Crippen LogP contribution in [0.2, 0.25) is 0 Å². The molecule has 0 radical (unpaired) electrons. The second kappa shape index (κ2) is 8.05. The summed E-state index contributed by atoms with van der Waals surface area (Å²) in [5, 5.41) is 0.545. The van der Waals surface area contributed by atoms with E-state index in [1.165, 1.54) is 11.8 Å². The summed E-state index contributed by atoms with van der Waals surface area (Å²) in [7, 11) is 0. The van der Waals surface area contributed by atoms with Crippen molar-refractivity contribution in [2.24, 2.45) is 4.99 Å². The van der Waals surface area contributed by atoms with Crippen molar-refractivity contribution < 1.29 is 14.3 Å². The van der Waals surface area contributed by atoms with Crippen LogP contribution in [0.4, 0.5) is 0 Å². The average molecular weight is 405 g/mol. The largest absolute Gasteiger partial charge is 0.463 e. The number of carbonyl (C=O) groups excluding carboxylic acids is 2. The quantitative estimate of drug-likeness (QED) is 0.721. The molecule has 6 nitrogen and oxygen atoms in total. The molecule has 0 unspecified atom stereocenters. The third kappa shape index (κ3) is 3.61. The highest BCUT2D eigenvalue weighted by molar-refractivity contribution is 8.21. The highest BCUT2D eigenvalue weighted by Crippen LogP contribution is 2.43. The second-order valence-corrected chi connectivity index (χ2v) is 7.49. The van der Waals surface area contributed by atoms with E-state index in [2.05, 4.69) is 9.98 Å². The lowest BCUT2D eigenvalue weighted by Crippen LogP contribution is -2.44. The van der Waals surface area contributed by atoms with Crippen LogP contribution in [-0.2, 0) is 14.3 Å². The van der Waals surface area contributed by atoms with Crippen LogP contribution in [0, 0.1) is 0 Å². The Morgan fingerprint density at radius 2 is 1.90 bits per heavy atom. The Kier molecular flexibility index (Phi) is 5.31. The Morgan fingerprint density at radius 3 is 2.59 bits per heavy atom. The van der Waals surface area contributed by atoms with Crippen LogP contribution in [-0.4, -0.2) is 33.5 Å². The molecule has 0 fully saturated rings. The number of rotatable bonds is 4. The van der Waals surface area contributed by atoms with Gasteiger partial charge in [-0.3, -0.25) is 14.7 Å². The molecule has 146 valence electrons. The molecule has 0 saturated carbocycles. The summed E-state index contributed by atoms with van der Waals surface area (Å²) in [4.78, 5) is 36.9. The number of fused-ring (bicyclic) bond motifs is 1. The van der Waals surface area contributed by atoms with E-state index < -0.39 is 12.0 Å². The molecule has 1 atom stereocenters. The molecular formula is C22H19N3O3S. The summed E-state index contributed by atoms with van der Waals surface area (Å²) in [5.41, 5.74) is 2.67. The first kappa shape index (κ1) is 19.1. The third-order valence-electron chi connectivity index (χ3n) is 4.66. The fraction of sp³-hybridized carbons (Fsp3) is 0.182. The fourth-order valence-corrected chi connectivity index (χ4v) is 4.46. The van der Waals surface area contributed by atoms with Crippen LogP contribution in [0.3, 0.4) is 0 Å². The Labute approximate surface area is 173 Å². The molecule has 0 spiro atoms. The van der Waals surface area contributed by atoms with Crippen molar-refractivity contribution >= 4 is 33.7 Å². The fourth-order valence-electron chi connectivity index (χ4n) is 3.38. The summed E-state index contributed by atoms with van der Waals surface area (Å²) in [6.07, 6.45) is 4.96. The van der Waals surface area contributed by atoms with Gasteiger partial charge in [-0.05, 0) is 37.1 Å². The number of aromatic nitrogens is 1. The van der Waals surface area contributed by atoms with Crippen molar-refractivity contribution in [1.29, 1.82) is 0 Å². The SMILES string of the molecule is CCOC(=O)C1=C(C)N=C2SC(c3ccncc3)=CC(=O)N2[C@@H]1c1ccccc1. The number of amides is 1. The van der Waals surface area contributed by atoms with Crippen molar-refractivity contribution in [2.45, 2.75) is 19.9 Å². The Hall–Kier alpha value is -3.19.